The molecule has 0 bridgehead atoms. The molecule has 1 aromatic carbocycles. The van der Waals surface area contributed by atoms with E-state index in [1.165, 1.54) is 11.0 Å². The Balaban J connectivity index is 2.95. The summed E-state index contributed by atoms with van der Waals surface area (Å²) in [5.41, 5.74) is 0.295. The number of hydrogen-bond acceptors (Lipinski definition) is 4. The van der Waals surface area contributed by atoms with Gasteiger partial charge in [-0.2, -0.15) is 0 Å². The first kappa shape index (κ1) is 22.8. The summed E-state index contributed by atoms with van der Waals surface area (Å²) in [6, 6.07) is 2.03. The van der Waals surface area contributed by atoms with E-state index in [0.29, 0.717) is 25.3 Å². The second-order valence-electron chi connectivity index (χ2n) is 5.67. The fraction of sp³-hybridized carbons (Fsp3) is 0.556. The van der Waals surface area contributed by atoms with Gasteiger partial charge in [0, 0.05) is 26.2 Å². The number of halogens is 2. The fourth-order valence-electron chi connectivity index (χ4n) is 2.55. The molecule has 7 nitrogen and oxygen atoms in total. The third kappa shape index (κ3) is 7.48. The molecular weight excluding hydrogens is 362 g/mol. The van der Waals surface area contributed by atoms with Crippen molar-refractivity contribution in [3.8, 4) is 0 Å². The average molecular weight is 388 g/mol. The molecule has 1 atom stereocenters. The van der Waals surface area contributed by atoms with Crippen LogP contribution in [0.2, 0.25) is 0 Å². The number of benzene rings is 1. The largest absolute Gasteiger partial charge is 0.465 e. The van der Waals surface area contributed by atoms with Gasteiger partial charge in [0.2, 0.25) is 5.91 Å². The standard InChI is InChI=1S/C18H26F2N2O5/c1-4-22(11-16(26-5-2)27-6-3)17(23)15(21-18(24)25)10-12-7-8-13(19)14(20)9-12/h7-9,15-16,21H,4-6,10-11H2,1-3H3,(H,24,25). The van der Waals surface area contributed by atoms with Crippen molar-refractivity contribution in [1.82, 2.24) is 10.2 Å². The SMILES string of the molecule is CCOC(CN(CC)C(=O)C(Cc1ccc(F)c(F)c1)NC(=O)O)OCC. The molecule has 0 heterocycles. The lowest BCUT2D eigenvalue weighted by atomic mass is 10.0. The molecule has 0 saturated heterocycles. The summed E-state index contributed by atoms with van der Waals surface area (Å²) >= 11 is 0. The molecule has 1 rings (SSSR count). The first-order valence-electron chi connectivity index (χ1n) is 8.77. The van der Waals surface area contributed by atoms with Crippen LogP contribution in [-0.2, 0) is 20.7 Å². The van der Waals surface area contributed by atoms with Crippen LogP contribution >= 0.6 is 0 Å². The lowest BCUT2D eigenvalue weighted by Gasteiger charge is -2.29. The van der Waals surface area contributed by atoms with Gasteiger partial charge in [-0.1, -0.05) is 6.07 Å². The number of rotatable bonds is 11. The molecule has 9 heteroatoms. The second-order valence-corrected chi connectivity index (χ2v) is 5.67. The molecule has 152 valence electrons. The van der Waals surface area contributed by atoms with Crippen LogP contribution in [0, 0.1) is 11.6 Å². The number of carbonyl (C=O) groups is 2. The molecule has 0 aliphatic carbocycles. The van der Waals surface area contributed by atoms with Gasteiger partial charge in [0.25, 0.3) is 0 Å². The van der Waals surface area contributed by atoms with Gasteiger partial charge in [-0.25, -0.2) is 13.6 Å². The van der Waals surface area contributed by atoms with Crippen molar-refractivity contribution in [2.45, 2.75) is 39.5 Å². The maximum absolute atomic E-state index is 13.4. The van der Waals surface area contributed by atoms with Crippen molar-refractivity contribution in [3.05, 3.63) is 35.4 Å². The Labute approximate surface area is 157 Å². The molecule has 0 radical (unpaired) electrons. The Morgan fingerprint density at radius 2 is 1.78 bits per heavy atom. The van der Waals surface area contributed by atoms with Crippen LogP contribution in [0.5, 0.6) is 0 Å². The zero-order chi connectivity index (χ0) is 20.4. The van der Waals surface area contributed by atoms with Gasteiger partial charge in [-0.05, 0) is 38.5 Å². The van der Waals surface area contributed by atoms with E-state index < -0.39 is 36.0 Å². The highest BCUT2D eigenvalue weighted by Crippen LogP contribution is 2.12. The molecule has 0 fully saturated rings. The van der Waals surface area contributed by atoms with Crippen molar-refractivity contribution < 1.29 is 33.0 Å². The monoisotopic (exact) mass is 388 g/mol. The van der Waals surface area contributed by atoms with Crippen LogP contribution < -0.4 is 5.32 Å². The quantitative estimate of drug-likeness (QED) is 0.569. The highest BCUT2D eigenvalue weighted by Gasteiger charge is 2.28. The molecule has 27 heavy (non-hydrogen) atoms. The highest BCUT2D eigenvalue weighted by molar-refractivity contribution is 5.85. The van der Waals surface area contributed by atoms with Gasteiger partial charge in [-0.15, -0.1) is 0 Å². The van der Waals surface area contributed by atoms with Gasteiger partial charge in [0.15, 0.2) is 17.9 Å². The topological polar surface area (TPSA) is 88.1 Å². The summed E-state index contributed by atoms with van der Waals surface area (Å²) < 4.78 is 37.4. The van der Waals surface area contributed by atoms with Gasteiger partial charge in [-0.3, -0.25) is 4.79 Å². The van der Waals surface area contributed by atoms with Crippen LogP contribution in [0.4, 0.5) is 13.6 Å². The Bertz CT molecular complexity index is 624. The number of carbonyl (C=O) groups excluding carboxylic acids is 1. The molecule has 2 N–H and O–H groups in total. The third-order valence-electron chi connectivity index (χ3n) is 3.79. The number of likely N-dealkylation sites (N-methyl/N-ethyl adjacent to an activating group) is 1. The van der Waals surface area contributed by atoms with Crippen LogP contribution in [-0.4, -0.2) is 60.6 Å². The Morgan fingerprint density at radius 1 is 1.15 bits per heavy atom. The van der Waals surface area contributed by atoms with E-state index >= 15 is 0 Å². The first-order chi connectivity index (χ1) is 12.8. The maximum Gasteiger partial charge on any atom is 0.405 e. The van der Waals surface area contributed by atoms with Crippen molar-refractivity contribution in [2.75, 3.05) is 26.3 Å². The number of carboxylic acid groups (broad SMARTS) is 1. The number of hydrogen-bond donors (Lipinski definition) is 2. The predicted molar refractivity (Wildman–Crippen MR) is 94.3 cm³/mol. The summed E-state index contributed by atoms with van der Waals surface area (Å²) in [7, 11) is 0. The lowest BCUT2D eigenvalue weighted by molar-refractivity contribution is -0.159. The zero-order valence-electron chi connectivity index (χ0n) is 15.7. The minimum absolute atomic E-state index is 0.118. The summed E-state index contributed by atoms with van der Waals surface area (Å²) in [5, 5.41) is 11.2. The molecule has 0 aliphatic heterocycles. The van der Waals surface area contributed by atoms with Crippen LogP contribution in [0.1, 0.15) is 26.3 Å². The fourth-order valence-corrected chi connectivity index (χ4v) is 2.55. The van der Waals surface area contributed by atoms with Crippen LogP contribution in [0.25, 0.3) is 0 Å². The first-order valence-corrected chi connectivity index (χ1v) is 8.77. The minimum Gasteiger partial charge on any atom is -0.465 e. The average Bonchev–Trinajstić information content (AvgIpc) is 2.61. The van der Waals surface area contributed by atoms with Crippen molar-refractivity contribution in [1.29, 1.82) is 0 Å². The maximum atomic E-state index is 13.4. The van der Waals surface area contributed by atoms with Crippen molar-refractivity contribution in [3.63, 3.8) is 0 Å². The number of amides is 2. The number of nitrogens with zero attached hydrogens (tertiary/aromatic N) is 1. The molecule has 0 aromatic heterocycles. The molecule has 1 aromatic rings. The second kappa shape index (κ2) is 11.5. The van der Waals surface area contributed by atoms with E-state index in [0.717, 1.165) is 12.1 Å². The van der Waals surface area contributed by atoms with E-state index in [1.807, 2.05) is 0 Å². The van der Waals surface area contributed by atoms with Gasteiger partial charge >= 0.3 is 6.09 Å². The van der Waals surface area contributed by atoms with Gasteiger partial charge in [0.1, 0.15) is 6.04 Å². The molecule has 2 amide bonds. The minimum atomic E-state index is -1.39. The van der Waals surface area contributed by atoms with E-state index in [-0.39, 0.29) is 13.0 Å². The van der Waals surface area contributed by atoms with E-state index in [9.17, 15) is 18.4 Å². The zero-order valence-corrected chi connectivity index (χ0v) is 15.7. The smallest absolute Gasteiger partial charge is 0.405 e. The summed E-state index contributed by atoms with van der Waals surface area (Å²) in [6.07, 6.45) is -2.15. The molecule has 1 unspecified atom stereocenters. The van der Waals surface area contributed by atoms with Crippen molar-refractivity contribution >= 4 is 12.0 Å². The van der Waals surface area contributed by atoms with Gasteiger partial charge < -0.3 is 24.8 Å². The predicted octanol–water partition coefficient (Wildman–Crippen LogP) is 2.39. The molecule has 0 saturated carbocycles. The van der Waals surface area contributed by atoms with E-state index in [4.69, 9.17) is 14.6 Å². The molecular formula is C18H26F2N2O5. The number of nitrogens with one attached hydrogen (secondary N) is 1. The van der Waals surface area contributed by atoms with Gasteiger partial charge in [0.05, 0.1) is 6.54 Å². The Morgan fingerprint density at radius 3 is 2.26 bits per heavy atom. The summed E-state index contributed by atoms with van der Waals surface area (Å²) in [6.45, 7) is 6.52. The van der Waals surface area contributed by atoms with Crippen LogP contribution in [0.3, 0.4) is 0 Å². The third-order valence-corrected chi connectivity index (χ3v) is 3.79. The normalized spacial score (nSPS) is 12.1. The molecule has 0 aliphatic rings. The number of ether oxygens (including phenoxy) is 2. The Hall–Kier alpha value is -2.26. The summed E-state index contributed by atoms with van der Waals surface area (Å²) in [5.74, 6) is -2.58. The highest BCUT2D eigenvalue weighted by atomic mass is 19.2. The van der Waals surface area contributed by atoms with E-state index in [1.54, 1.807) is 20.8 Å². The Kier molecular flexibility index (Phi) is 9.66. The van der Waals surface area contributed by atoms with E-state index in [2.05, 4.69) is 5.32 Å². The summed E-state index contributed by atoms with van der Waals surface area (Å²) in [4.78, 5) is 25.3. The van der Waals surface area contributed by atoms with Crippen molar-refractivity contribution in [2.24, 2.45) is 0 Å². The van der Waals surface area contributed by atoms with Crippen LogP contribution in [0.15, 0.2) is 18.2 Å². The molecule has 0 spiro atoms. The lowest BCUT2D eigenvalue weighted by Crippen LogP contribution is -2.51.